The average Bonchev–Trinajstić information content (AvgIpc) is 3.53. The van der Waals surface area contributed by atoms with Crippen LogP contribution in [0.2, 0.25) is 10.0 Å². The molecule has 1 aromatic rings. The first kappa shape index (κ1) is 24.3. The Morgan fingerprint density at radius 2 is 1.74 bits per heavy atom. The lowest BCUT2D eigenvalue weighted by Crippen LogP contribution is -2.73. The van der Waals surface area contributed by atoms with Gasteiger partial charge in [-0.05, 0) is 43.6 Å². The molecule has 4 aliphatic rings. The van der Waals surface area contributed by atoms with Crippen LogP contribution in [0.4, 0.5) is 0 Å². The molecular formula is C24H31Cl2N3O5. The number of carbonyl (C=O) groups is 2. The lowest BCUT2D eigenvalue weighted by atomic mass is 9.89. The van der Waals surface area contributed by atoms with Gasteiger partial charge in [-0.2, -0.15) is 0 Å². The van der Waals surface area contributed by atoms with Crippen LogP contribution >= 0.6 is 23.2 Å². The molecule has 4 heterocycles. The maximum Gasteiger partial charge on any atom is 0.257 e. The minimum atomic E-state index is -1.50. The van der Waals surface area contributed by atoms with Crippen molar-refractivity contribution in [1.29, 1.82) is 0 Å². The zero-order chi connectivity index (χ0) is 23.9. The van der Waals surface area contributed by atoms with Crippen molar-refractivity contribution in [3.05, 3.63) is 33.8 Å². The Hall–Kier alpha value is -1.42. The van der Waals surface area contributed by atoms with Crippen molar-refractivity contribution in [1.82, 2.24) is 14.7 Å². The summed E-state index contributed by atoms with van der Waals surface area (Å²) in [6, 6.07) is 4.74. The van der Waals surface area contributed by atoms with Gasteiger partial charge < -0.3 is 24.4 Å². The van der Waals surface area contributed by atoms with Gasteiger partial charge in [0.1, 0.15) is 0 Å². The predicted octanol–water partition coefficient (Wildman–Crippen LogP) is 1.59. The van der Waals surface area contributed by atoms with Crippen LogP contribution < -0.4 is 0 Å². The molecule has 4 fully saturated rings. The van der Waals surface area contributed by atoms with Crippen LogP contribution in [0.25, 0.3) is 0 Å². The van der Waals surface area contributed by atoms with Crippen molar-refractivity contribution >= 4 is 35.0 Å². The smallest absolute Gasteiger partial charge is 0.257 e. The Kier molecular flexibility index (Phi) is 7.08. The van der Waals surface area contributed by atoms with Crippen LogP contribution in [0.5, 0.6) is 0 Å². The fourth-order valence-electron chi connectivity index (χ4n) is 5.84. The molecule has 8 nitrogen and oxygen atoms in total. The Morgan fingerprint density at radius 3 is 2.44 bits per heavy atom. The van der Waals surface area contributed by atoms with Crippen molar-refractivity contribution in [3.8, 4) is 0 Å². The number of piperazine rings is 1. The Morgan fingerprint density at radius 1 is 1.00 bits per heavy atom. The summed E-state index contributed by atoms with van der Waals surface area (Å²) >= 11 is 12.2. The van der Waals surface area contributed by atoms with Crippen LogP contribution in [-0.4, -0.2) is 108 Å². The highest BCUT2D eigenvalue weighted by Crippen LogP contribution is 2.33. The van der Waals surface area contributed by atoms with E-state index in [1.807, 2.05) is 11.0 Å². The number of aliphatic hydroxyl groups is 1. The summed E-state index contributed by atoms with van der Waals surface area (Å²) in [5, 5.41) is 11.8. The molecule has 0 aliphatic carbocycles. The van der Waals surface area contributed by atoms with Crippen LogP contribution in [0.15, 0.2) is 18.2 Å². The summed E-state index contributed by atoms with van der Waals surface area (Å²) in [6.45, 7) is 3.91. The first-order valence-corrected chi connectivity index (χ1v) is 12.8. The third-order valence-corrected chi connectivity index (χ3v) is 8.38. The van der Waals surface area contributed by atoms with Crippen molar-refractivity contribution in [2.24, 2.45) is 0 Å². The molecule has 0 radical (unpaired) electrons. The normalized spacial score (nSPS) is 32.1. The van der Waals surface area contributed by atoms with Gasteiger partial charge in [-0.3, -0.25) is 14.5 Å². The summed E-state index contributed by atoms with van der Waals surface area (Å²) < 4.78 is 11.3. The molecule has 186 valence electrons. The number of likely N-dealkylation sites (tertiary alicyclic amines) is 1. The van der Waals surface area contributed by atoms with E-state index < -0.39 is 5.60 Å². The van der Waals surface area contributed by atoms with Crippen LogP contribution in [0.1, 0.15) is 24.8 Å². The first-order valence-electron chi connectivity index (χ1n) is 12.0. The Balaban J connectivity index is 1.41. The quantitative estimate of drug-likeness (QED) is 0.660. The molecule has 1 unspecified atom stereocenters. The number of rotatable bonds is 4. The fourth-order valence-corrected chi connectivity index (χ4v) is 6.16. The van der Waals surface area contributed by atoms with Crippen molar-refractivity contribution < 1.29 is 24.2 Å². The molecule has 1 N–H and O–H groups in total. The summed E-state index contributed by atoms with van der Waals surface area (Å²) in [5.41, 5.74) is -0.700. The average molecular weight is 512 g/mol. The largest absolute Gasteiger partial charge is 0.378 e. The fraction of sp³-hybridized carbons (Fsp3) is 0.667. The molecule has 4 aliphatic heterocycles. The zero-order valence-electron chi connectivity index (χ0n) is 19.1. The number of fused-ring (bicyclic) bond motifs is 1. The molecule has 5 rings (SSSR count). The second-order valence-electron chi connectivity index (χ2n) is 9.75. The molecule has 2 amide bonds. The van der Waals surface area contributed by atoms with Gasteiger partial charge in [0.2, 0.25) is 5.91 Å². The van der Waals surface area contributed by atoms with Gasteiger partial charge in [0.05, 0.1) is 61.0 Å². The molecule has 0 spiro atoms. The third kappa shape index (κ3) is 4.56. The number of nitrogens with zero attached hydrogens (tertiary/aromatic N) is 3. The lowest BCUT2D eigenvalue weighted by Gasteiger charge is -2.54. The van der Waals surface area contributed by atoms with Gasteiger partial charge in [0.15, 0.2) is 5.60 Å². The third-order valence-electron chi connectivity index (χ3n) is 7.64. The first-order chi connectivity index (χ1) is 16.4. The van der Waals surface area contributed by atoms with Crippen molar-refractivity contribution in [2.75, 3.05) is 52.6 Å². The number of amides is 2. The number of halogens is 2. The molecule has 4 saturated heterocycles. The topological polar surface area (TPSA) is 82.6 Å². The second kappa shape index (κ2) is 9.91. The maximum atomic E-state index is 13.6. The van der Waals surface area contributed by atoms with Crippen LogP contribution in [0.3, 0.4) is 0 Å². The lowest BCUT2D eigenvalue weighted by molar-refractivity contribution is -0.174. The molecular weight excluding hydrogens is 481 g/mol. The highest BCUT2D eigenvalue weighted by molar-refractivity contribution is 6.42. The number of carbonyl (C=O) groups excluding carboxylic acids is 2. The monoisotopic (exact) mass is 511 g/mol. The Labute approximate surface area is 209 Å². The highest BCUT2D eigenvalue weighted by Gasteiger charge is 2.53. The summed E-state index contributed by atoms with van der Waals surface area (Å²) in [5.74, 6) is -0.322. The standard InChI is InChI=1S/C24H31Cl2N3O5/c25-17-4-3-16(11-18(17)26)12-21(30)29-9-8-28(23(31)24(32)5-10-33-15-24)20-14-34-13-19(22(20)29)27-6-1-2-7-27/h3-4,11,19-20,22,32H,1-2,5-10,12-15H2/t19-,20+,22+,24?/m1/s1. The van der Waals surface area contributed by atoms with E-state index in [0.717, 1.165) is 31.5 Å². The van der Waals surface area contributed by atoms with Crippen molar-refractivity contribution in [3.63, 3.8) is 0 Å². The molecule has 34 heavy (non-hydrogen) atoms. The number of ether oxygens (including phenoxy) is 2. The van der Waals surface area contributed by atoms with E-state index in [1.165, 1.54) is 0 Å². The van der Waals surface area contributed by atoms with Gasteiger partial charge in [0.25, 0.3) is 5.91 Å². The SMILES string of the molecule is O=C(Cc1ccc(Cl)c(Cl)c1)N1CCN(C(=O)C2(O)CCOC2)[C@H]2COC[C@@H](N3CCCC3)[C@@H]21. The molecule has 0 aromatic heterocycles. The van der Waals surface area contributed by atoms with Gasteiger partial charge in [-0.25, -0.2) is 0 Å². The number of benzene rings is 1. The molecule has 0 saturated carbocycles. The number of hydrogen-bond donors (Lipinski definition) is 1. The van der Waals surface area contributed by atoms with Gasteiger partial charge in [-0.15, -0.1) is 0 Å². The predicted molar refractivity (Wildman–Crippen MR) is 127 cm³/mol. The van der Waals surface area contributed by atoms with Gasteiger partial charge in [-0.1, -0.05) is 29.3 Å². The van der Waals surface area contributed by atoms with E-state index in [-0.39, 0.29) is 49.4 Å². The van der Waals surface area contributed by atoms with Crippen LogP contribution in [0, 0.1) is 0 Å². The Bertz CT molecular complexity index is 935. The summed E-state index contributed by atoms with van der Waals surface area (Å²) in [6.07, 6.45) is 2.73. The van der Waals surface area contributed by atoms with E-state index >= 15 is 0 Å². The molecule has 4 atom stereocenters. The van der Waals surface area contributed by atoms with Gasteiger partial charge in [0, 0.05) is 19.5 Å². The molecule has 1 aromatic carbocycles. The minimum Gasteiger partial charge on any atom is -0.378 e. The minimum absolute atomic E-state index is 0.00377. The summed E-state index contributed by atoms with van der Waals surface area (Å²) in [7, 11) is 0. The highest BCUT2D eigenvalue weighted by atomic mass is 35.5. The zero-order valence-corrected chi connectivity index (χ0v) is 20.6. The van der Waals surface area contributed by atoms with Crippen LogP contribution in [-0.2, 0) is 25.5 Å². The molecule has 0 bridgehead atoms. The van der Waals surface area contributed by atoms with E-state index in [0.29, 0.717) is 43.0 Å². The number of hydrogen-bond acceptors (Lipinski definition) is 6. The maximum absolute atomic E-state index is 13.6. The van der Waals surface area contributed by atoms with E-state index in [4.69, 9.17) is 32.7 Å². The summed E-state index contributed by atoms with van der Waals surface area (Å²) in [4.78, 5) is 33.1. The molecule has 10 heteroatoms. The van der Waals surface area contributed by atoms with Crippen molar-refractivity contribution in [2.45, 2.75) is 49.4 Å². The van der Waals surface area contributed by atoms with E-state index in [9.17, 15) is 14.7 Å². The van der Waals surface area contributed by atoms with E-state index in [2.05, 4.69) is 4.90 Å². The van der Waals surface area contributed by atoms with E-state index in [1.54, 1.807) is 17.0 Å². The second-order valence-corrected chi connectivity index (χ2v) is 10.6. The van der Waals surface area contributed by atoms with Gasteiger partial charge >= 0.3 is 0 Å².